The fourth-order valence-corrected chi connectivity index (χ4v) is 6.51. The van der Waals surface area contributed by atoms with Gasteiger partial charge in [-0.1, -0.05) is 30.3 Å². The van der Waals surface area contributed by atoms with Crippen LogP contribution >= 0.6 is 0 Å². The van der Waals surface area contributed by atoms with Gasteiger partial charge in [0.2, 0.25) is 11.8 Å². The van der Waals surface area contributed by atoms with Crippen LogP contribution in [0.3, 0.4) is 0 Å². The molecule has 1 amide bonds. The molecule has 4 heterocycles. The van der Waals surface area contributed by atoms with Gasteiger partial charge in [-0.05, 0) is 62.6 Å². The topological polar surface area (TPSA) is 123 Å². The number of rotatable bonds is 7. The Labute approximate surface area is 249 Å². The number of carbonyl (C=O) groups is 1. The smallest absolute Gasteiger partial charge is 0.280 e. The van der Waals surface area contributed by atoms with Crippen LogP contribution in [0.5, 0.6) is 11.6 Å². The van der Waals surface area contributed by atoms with Gasteiger partial charge in [-0.15, -0.1) is 0 Å². The normalized spacial score (nSPS) is 23.4. The van der Waals surface area contributed by atoms with Gasteiger partial charge in [0.05, 0.1) is 30.9 Å². The summed E-state index contributed by atoms with van der Waals surface area (Å²) in [6.45, 7) is 6.09. The highest BCUT2D eigenvalue weighted by atomic mass is 19.1. The van der Waals surface area contributed by atoms with Crippen LogP contribution in [0, 0.1) is 11.7 Å². The highest BCUT2D eigenvalue weighted by Crippen LogP contribution is 2.39. The molecular weight excluding hydrogens is 553 g/mol. The molecule has 3 aromatic rings. The van der Waals surface area contributed by atoms with Crippen molar-refractivity contribution < 1.29 is 23.8 Å². The summed E-state index contributed by atoms with van der Waals surface area (Å²) in [4.78, 5) is 35.4. The molecule has 2 aromatic carbocycles. The van der Waals surface area contributed by atoms with E-state index in [-0.39, 0.29) is 41.4 Å². The van der Waals surface area contributed by atoms with Gasteiger partial charge in [-0.25, -0.2) is 9.37 Å². The molecule has 3 fully saturated rings. The van der Waals surface area contributed by atoms with E-state index in [1.807, 2.05) is 23.1 Å². The van der Waals surface area contributed by atoms with Gasteiger partial charge >= 0.3 is 0 Å². The number of amides is 1. The van der Waals surface area contributed by atoms with E-state index in [4.69, 9.17) is 15.2 Å². The number of benzene rings is 2. The second-order valence-corrected chi connectivity index (χ2v) is 12.4. The zero-order valence-corrected chi connectivity index (χ0v) is 24.3. The van der Waals surface area contributed by atoms with Crippen LogP contribution in [0.4, 0.5) is 10.1 Å². The molecule has 0 aliphatic carbocycles. The number of nitrogen functional groups attached to an aromatic ring is 1. The number of hydrogen-bond acceptors (Lipinski definition) is 8. The molecule has 0 bridgehead atoms. The van der Waals surface area contributed by atoms with E-state index in [0.29, 0.717) is 44.9 Å². The molecule has 3 aliphatic rings. The van der Waals surface area contributed by atoms with Crippen LogP contribution in [0.15, 0.2) is 65.7 Å². The SMILES string of the molecule is CC1(N2CC[C@@H](C(=O)N3CCC(O)(Cn4cnc(Oc5ccc(F)cc5)c(N)c4=O)CC3)[C@H](c3ccccc3)C2)COC1. The molecule has 1 aromatic heterocycles. The maximum absolute atomic E-state index is 13.9. The van der Waals surface area contributed by atoms with Crippen molar-refractivity contribution >= 4 is 11.6 Å². The van der Waals surface area contributed by atoms with E-state index < -0.39 is 17.0 Å². The first-order valence-corrected chi connectivity index (χ1v) is 14.8. The molecule has 11 heteroatoms. The Kier molecular flexibility index (Phi) is 7.97. The predicted molar refractivity (Wildman–Crippen MR) is 158 cm³/mol. The lowest BCUT2D eigenvalue weighted by atomic mass is 9.77. The number of hydrogen-bond donors (Lipinski definition) is 2. The van der Waals surface area contributed by atoms with E-state index in [1.54, 1.807) is 0 Å². The molecule has 0 saturated carbocycles. The third-order valence-electron chi connectivity index (χ3n) is 9.28. The Bertz CT molecular complexity index is 1500. The number of halogens is 1. The Morgan fingerprint density at radius 3 is 2.47 bits per heavy atom. The zero-order chi connectivity index (χ0) is 30.2. The lowest BCUT2D eigenvalue weighted by Gasteiger charge is -2.52. The average Bonchev–Trinajstić information content (AvgIpc) is 3.01. The summed E-state index contributed by atoms with van der Waals surface area (Å²) in [7, 11) is 0. The fourth-order valence-electron chi connectivity index (χ4n) is 6.51. The Balaban J connectivity index is 1.11. The van der Waals surface area contributed by atoms with E-state index in [9.17, 15) is 19.1 Å². The summed E-state index contributed by atoms with van der Waals surface area (Å²) in [6, 6.07) is 15.5. The summed E-state index contributed by atoms with van der Waals surface area (Å²) >= 11 is 0. The standard InChI is InChI=1S/C32H38FN5O5/c1-31(19-42-20-31)38-14-11-25(26(17-38)22-5-3-2-4-6-22)29(39)36-15-12-32(41,13-16-36)18-37-21-35-28(27(34)30(37)40)43-24-9-7-23(33)8-10-24/h2-10,21,25-26,41H,11-20,34H2,1H3/t25-,26+/m1/s1. The van der Waals surface area contributed by atoms with Gasteiger partial charge in [0.1, 0.15) is 17.9 Å². The molecule has 3 N–H and O–H groups in total. The van der Waals surface area contributed by atoms with Crippen LogP contribution in [0.1, 0.15) is 37.7 Å². The molecule has 0 unspecified atom stereocenters. The molecule has 43 heavy (non-hydrogen) atoms. The lowest BCUT2D eigenvalue weighted by Crippen LogP contribution is -2.63. The van der Waals surface area contributed by atoms with Crippen molar-refractivity contribution in [1.29, 1.82) is 0 Å². The van der Waals surface area contributed by atoms with Crippen LogP contribution in [0.25, 0.3) is 0 Å². The van der Waals surface area contributed by atoms with Crippen LogP contribution in [0.2, 0.25) is 0 Å². The number of carbonyl (C=O) groups excluding carboxylic acids is 1. The van der Waals surface area contributed by atoms with Crippen molar-refractivity contribution in [3.8, 4) is 11.6 Å². The van der Waals surface area contributed by atoms with E-state index >= 15 is 0 Å². The largest absolute Gasteiger partial charge is 0.437 e. The summed E-state index contributed by atoms with van der Waals surface area (Å²) in [5.74, 6) is -0.160. The third-order valence-corrected chi connectivity index (χ3v) is 9.28. The number of aromatic nitrogens is 2. The number of ether oxygens (including phenoxy) is 2. The first-order chi connectivity index (χ1) is 20.6. The molecule has 10 nitrogen and oxygen atoms in total. The minimum Gasteiger partial charge on any atom is -0.437 e. The van der Waals surface area contributed by atoms with Crippen molar-refractivity contribution in [2.24, 2.45) is 5.92 Å². The van der Waals surface area contributed by atoms with Crippen molar-refractivity contribution in [1.82, 2.24) is 19.4 Å². The molecule has 0 spiro atoms. The highest BCUT2D eigenvalue weighted by Gasteiger charge is 2.46. The second kappa shape index (κ2) is 11.7. The highest BCUT2D eigenvalue weighted by molar-refractivity contribution is 5.80. The predicted octanol–water partition coefficient (Wildman–Crippen LogP) is 3.01. The number of piperidine rings is 2. The first-order valence-electron chi connectivity index (χ1n) is 14.8. The Morgan fingerprint density at radius 1 is 1.12 bits per heavy atom. The number of nitrogens with two attached hydrogens (primary N) is 1. The molecule has 3 saturated heterocycles. The summed E-state index contributed by atoms with van der Waals surface area (Å²) in [5.41, 5.74) is 5.26. The van der Waals surface area contributed by atoms with Crippen molar-refractivity contribution in [2.75, 3.05) is 45.1 Å². The van der Waals surface area contributed by atoms with Crippen molar-refractivity contribution in [3.63, 3.8) is 0 Å². The number of likely N-dealkylation sites (tertiary alicyclic amines) is 2. The van der Waals surface area contributed by atoms with E-state index in [1.165, 1.54) is 40.7 Å². The maximum atomic E-state index is 13.9. The summed E-state index contributed by atoms with van der Waals surface area (Å²) < 4.78 is 25.5. The molecule has 3 aliphatic heterocycles. The summed E-state index contributed by atoms with van der Waals surface area (Å²) in [6.07, 6.45) is 2.70. The molecule has 228 valence electrons. The maximum Gasteiger partial charge on any atom is 0.280 e. The van der Waals surface area contributed by atoms with Gasteiger partial charge in [0, 0.05) is 31.5 Å². The second-order valence-electron chi connectivity index (χ2n) is 12.4. The minimum atomic E-state index is -1.20. The first kappa shape index (κ1) is 29.3. The van der Waals surface area contributed by atoms with Gasteiger partial charge in [0.25, 0.3) is 5.56 Å². The quantitative estimate of drug-likeness (QED) is 0.430. The Hall–Kier alpha value is -3.80. The minimum absolute atomic E-state index is 0.00637. The van der Waals surface area contributed by atoms with Gasteiger partial charge in [0.15, 0.2) is 5.69 Å². The number of anilines is 1. The van der Waals surface area contributed by atoms with Crippen LogP contribution < -0.4 is 16.0 Å². The number of nitrogens with zero attached hydrogens (tertiary/aromatic N) is 4. The number of aliphatic hydroxyl groups is 1. The Morgan fingerprint density at radius 2 is 1.81 bits per heavy atom. The molecular formula is C32H38FN5O5. The third kappa shape index (κ3) is 6.02. The van der Waals surface area contributed by atoms with Gasteiger partial charge < -0.3 is 25.2 Å². The van der Waals surface area contributed by atoms with Gasteiger partial charge in [-0.3, -0.25) is 19.1 Å². The monoisotopic (exact) mass is 591 g/mol. The van der Waals surface area contributed by atoms with Crippen molar-refractivity contribution in [3.05, 3.63) is 82.7 Å². The lowest BCUT2D eigenvalue weighted by molar-refractivity contribution is -0.153. The van der Waals surface area contributed by atoms with Crippen LogP contribution in [-0.4, -0.2) is 80.9 Å². The summed E-state index contributed by atoms with van der Waals surface area (Å²) in [5, 5.41) is 11.4. The van der Waals surface area contributed by atoms with E-state index in [0.717, 1.165) is 19.5 Å². The zero-order valence-electron chi connectivity index (χ0n) is 24.3. The van der Waals surface area contributed by atoms with Gasteiger partial charge in [-0.2, -0.15) is 0 Å². The molecule has 6 rings (SSSR count). The molecule has 2 atom stereocenters. The fraction of sp³-hybridized carbons (Fsp3) is 0.469. The van der Waals surface area contributed by atoms with Crippen molar-refractivity contribution in [2.45, 2.75) is 49.8 Å². The van der Waals surface area contributed by atoms with E-state index in [2.05, 4.69) is 28.9 Å². The molecule has 0 radical (unpaired) electrons. The van der Waals surface area contributed by atoms with Crippen LogP contribution in [-0.2, 0) is 16.1 Å². The average molecular weight is 592 g/mol.